The largest absolute Gasteiger partial charge is 0.371 e. The Kier molecular flexibility index (Phi) is 5.20. The molecule has 0 saturated heterocycles. The van der Waals surface area contributed by atoms with E-state index in [1.165, 1.54) is 6.20 Å². The predicted molar refractivity (Wildman–Crippen MR) is 130 cm³/mol. The minimum absolute atomic E-state index is 0.0540. The van der Waals surface area contributed by atoms with Gasteiger partial charge >= 0.3 is 0 Å². The Bertz CT molecular complexity index is 1590. The van der Waals surface area contributed by atoms with Crippen molar-refractivity contribution < 1.29 is 0 Å². The summed E-state index contributed by atoms with van der Waals surface area (Å²) in [6, 6.07) is 16.6. The quantitative estimate of drug-likeness (QED) is 0.347. The molecule has 0 amide bonds. The topological polar surface area (TPSA) is 132 Å². The van der Waals surface area contributed by atoms with E-state index in [1.807, 2.05) is 61.5 Å². The van der Waals surface area contributed by atoms with Crippen molar-refractivity contribution in [2.75, 3.05) is 11.1 Å². The maximum absolute atomic E-state index is 14.0. The smallest absolute Gasteiger partial charge is 0.263 e. The fourth-order valence-electron chi connectivity index (χ4n) is 3.95. The molecule has 0 bridgehead atoms. The van der Waals surface area contributed by atoms with Crippen molar-refractivity contribution in [3.63, 3.8) is 0 Å². The molecule has 0 radical (unpaired) electrons. The van der Waals surface area contributed by atoms with E-state index in [2.05, 4.69) is 35.5 Å². The van der Waals surface area contributed by atoms with Gasteiger partial charge in [0.15, 0.2) is 0 Å². The molecule has 0 aliphatic carbocycles. The minimum Gasteiger partial charge on any atom is -0.371 e. The number of anilines is 2. The summed E-state index contributed by atoms with van der Waals surface area (Å²) < 4.78 is 1.66. The van der Waals surface area contributed by atoms with Gasteiger partial charge in [-0.1, -0.05) is 36.4 Å². The third kappa shape index (κ3) is 3.61. The summed E-state index contributed by atoms with van der Waals surface area (Å²) in [7, 11) is 0. The highest BCUT2D eigenvalue weighted by Crippen LogP contribution is 2.30. The third-order valence-electron chi connectivity index (χ3n) is 5.49. The highest BCUT2D eigenvalue weighted by Gasteiger charge is 2.20. The van der Waals surface area contributed by atoms with E-state index in [9.17, 15) is 4.79 Å². The van der Waals surface area contributed by atoms with Gasteiger partial charge in [0.05, 0.1) is 24.2 Å². The zero-order valence-electron chi connectivity index (χ0n) is 18.1. The molecule has 10 nitrogen and oxygen atoms in total. The molecule has 0 unspecified atom stereocenters. The Hall–Kier alpha value is -5.04. The van der Waals surface area contributed by atoms with E-state index in [4.69, 9.17) is 12.3 Å². The number of pyridine rings is 1. The number of hydrogen-bond donors (Lipinski definition) is 3. The number of rotatable bonds is 5. The number of fused-ring (bicyclic) bond motifs is 1. The molecule has 4 N–H and O–H groups in total. The Morgan fingerprint density at radius 2 is 1.97 bits per heavy atom. The van der Waals surface area contributed by atoms with Crippen molar-refractivity contribution in [2.45, 2.75) is 13.0 Å². The predicted octanol–water partition coefficient (Wildman–Crippen LogP) is 3.87. The summed E-state index contributed by atoms with van der Waals surface area (Å²) in [5, 5.41) is 15.2. The molecule has 0 aliphatic rings. The Morgan fingerprint density at radius 1 is 1.15 bits per heavy atom. The molecule has 2 aromatic carbocycles. The first kappa shape index (κ1) is 20.8. The first-order valence-electron chi connectivity index (χ1n) is 10.4. The summed E-state index contributed by atoms with van der Waals surface area (Å²) in [6.45, 7) is 9.31. The van der Waals surface area contributed by atoms with Crippen LogP contribution in [0.4, 0.5) is 17.5 Å². The van der Waals surface area contributed by atoms with Crippen LogP contribution in [0.1, 0.15) is 18.7 Å². The highest BCUT2D eigenvalue weighted by molar-refractivity contribution is 5.95. The van der Waals surface area contributed by atoms with Gasteiger partial charge in [0.25, 0.3) is 5.56 Å². The Labute approximate surface area is 193 Å². The zero-order chi connectivity index (χ0) is 23.7. The summed E-state index contributed by atoms with van der Waals surface area (Å²) >= 11 is 0. The molecule has 0 spiro atoms. The van der Waals surface area contributed by atoms with Gasteiger partial charge in [-0.2, -0.15) is 15.4 Å². The number of hydrogen-bond acceptors (Lipinski definition) is 7. The fourth-order valence-corrected chi connectivity index (χ4v) is 3.95. The van der Waals surface area contributed by atoms with Crippen LogP contribution >= 0.6 is 0 Å². The van der Waals surface area contributed by atoms with Gasteiger partial charge in [-0.3, -0.25) is 9.36 Å². The molecule has 34 heavy (non-hydrogen) atoms. The van der Waals surface area contributed by atoms with Crippen molar-refractivity contribution in [3.05, 3.63) is 94.5 Å². The summed E-state index contributed by atoms with van der Waals surface area (Å²) in [5.74, 6) is 0.358. The highest BCUT2D eigenvalue weighted by atomic mass is 16.1. The second-order valence-electron chi connectivity index (χ2n) is 7.61. The molecule has 0 fully saturated rings. The van der Waals surface area contributed by atoms with Gasteiger partial charge in [-0.15, -0.1) is 0 Å². The SMILES string of the molecule is [C-]#[N+]c1cnc(N)nc1N[C@@H](C)c1cc2cccc(-c3cn[nH]n3)c2c(=O)n1-c1ccccc1. The number of nitrogens with two attached hydrogens (primary N) is 1. The number of aromatic nitrogens is 6. The molecule has 0 saturated carbocycles. The van der Waals surface area contributed by atoms with Crippen molar-refractivity contribution in [3.8, 4) is 16.9 Å². The van der Waals surface area contributed by atoms with Crippen LogP contribution in [-0.4, -0.2) is 29.9 Å². The molecule has 166 valence electrons. The zero-order valence-corrected chi connectivity index (χ0v) is 18.1. The summed E-state index contributed by atoms with van der Waals surface area (Å²) in [4.78, 5) is 25.5. The van der Waals surface area contributed by atoms with Gasteiger partial charge in [0.1, 0.15) is 11.5 Å². The van der Waals surface area contributed by atoms with Crippen molar-refractivity contribution >= 4 is 28.2 Å². The maximum Gasteiger partial charge on any atom is 0.263 e. The molecule has 5 aromatic rings. The molecule has 3 heterocycles. The molecule has 3 aromatic heterocycles. The Balaban J connectivity index is 1.74. The average molecular weight is 449 g/mol. The lowest BCUT2D eigenvalue weighted by Gasteiger charge is -2.22. The van der Waals surface area contributed by atoms with Crippen LogP contribution in [0, 0.1) is 6.57 Å². The van der Waals surface area contributed by atoms with E-state index < -0.39 is 6.04 Å². The third-order valence-corrected chi connectivity index (χ3v) is 5.49. The normalized spacial score (nSPS) is 11.8. The lowest BCUT2D eigenvalue weighted by atomic mass is 10.0. The van der Waals surface area contributed by atoms with Crippen LogP contribution in [0.15, 0.2) is 71.8 Å². The van der Waals surface area contributed by atoms with Crippen molar-refractivity contribution in [1.82, 2.24) is 29.9 Å². The van der Waals surface area contributed by atoms with Gasteiger partial charge in [-0.25, -0.2) is 14.8 Å². The molecule has 5 rings (SSSR count). The minimum atomic E-state index is -0.400. The van der Waals surface area contributed by atoms with Crippen LogP contribution in [0.2, 0.25) is 0 Å². The van der Waals surface area contributed by atoms with Crippen LogP contribution in [0.3, 0.4) is 0 Å². The first-order chi connectivity index (χ1) is 16.6. The van der Waals surface area contributed by atoms with E-state index in [1.54, 1.807) is 10.8 Å². The Morgan fingerprint density at radius 3 is 2.71 bits per heavy atom. The second-order valence-corrected chi connectivity index (χ2v) is 7.61. The van der Waals surface area contributed by atoms with Crippen LogP contribution in [-0.2, 0) is 0 Å². The average Bonchev–Trinajstić information content (AvgIpc) is 3.39. The lowest BCUT2D eigenvalue weighted by molar-refractivity contribution is 0.774. The van der Waals surface area contributed by atoms with Gasteiger partial charge in [-0.05, 0) is 30.5 Å². The summed E-state index contributed by atoms with van der Waals surface area (Å²) in [5.41, 5.74) is 8.46. The maximum atomic E-state index is 14.0. The number of aromatic amines is 1. The number of nitrogen functional groups attached to an aromatic ring is 1. The van der Waals surface area contributed by atoms with E-state index in [-0.39, 0.29) is 17.2 Å². The molecular formula is C24H19N9O. The fraction of sp³-hybridized carbons (Fsp3) is 0.0833. The molecule has 10 heteroatoms. The molecule has 1 atom stereocenters. The summed E-state index contributed by atoms with van der Waals surface area (Å²) in [6.07, 6.45) is 2.96. The van der Waals surface area contributed by atoms with E-state index in [0.717, 1.165) is 5.39 Å². The number of nitrogens with one attached hydrogen (secondary N) is 2. The lowest BCUT2D eigenvalue weighted by Crippen LogP contribution is -2.26. The first-order valence-corrected chi connectivity index (χ1v) is 10.4. The monoisotopic (exact) mass is 449 g/mol. The number of H-pyrrole nitrogens is 1. The molecule has 0 aliphatic heterocycles. The van der Waals surface area contributed by atoms with Crippen LogP contribution < -0.4 is 16.6 Å². The second kappa shape index (κ2) is 8.48. The van der Waals surface area contributed by atoms with Crippen LogP contribution in [0.25, 0.3) is 32.6 Å². The van der Waals surface area contributed by atoms with Gasteiger partial charge in [0, 0.05) is 23.1 Å². The van der Waals surface area contributed by atoms with Crippen LogP contribution in [0.5, 0.6) is 0 Å². The number of para-hydroxylation sites is 1. The molecular weight excluding hydrogens is 430 g/mol. The van der Waals surface area contributed by atoms with Crippen molar-refractivity contribution in [2.24, 2.45) is 0 Å². The number of nitrogens with zero attached hydrogens (tertiary/aromatic N) is 6. The van der Waals surface area contributed by atoms with Gasteiger partial charge < -0.3 is 11.1 Å². The van der Waals surface area contributed by atoms with Gasteiger partial charge in [0.2, 0.25) is 11.6 Å². The van der Waals surface area contributed by atoms with Crippen molar-refractivity contribution in [1.29, 1.82) is 0 Å². The van der Waals surface area contributed by atoms with E-state index in [0.29, 0.717) is 33.8 Å². The van der Waals surface area contributed by atoms with E-state index >= 15 is 0 Å². The standard InChI is InChI=1S/C24H19N9O/c1-14(29-22-19(26-2)12-27-24(25)30-22)20-11-15-7-6-10-17(18-13-28-32-31-18)21(15)23(34)33(20)16-8-4-3-5-9-16/h3-14H,1H3,(H,28,31,32)(H3,25,27,29,30)/t14-/m0/s1. The number of benzene rings is 2.